The van der Waals surface area contributed by atoms with Gasteiger partial charge in [-0.1, -0.05) is 11.6 Å². The van der Waals surface area contributed by atoms with Crippen LogP contribution in [0.25, 0.3) is 11.4 Å². The Morgan fingerprint density at radius 3 is 3.00 bits per heavy atom. The predicted molar refractivity (Wildman–Crippen MR) is 71.8 cm³/mol. The van der Waals surface area contributed by atoms with Gasteiger partial charge in [-0.2, -0.15) is 0 Å². The molecule has 19 heavy (non-hydrogen) atoms. The maximum absolute atomic E-state index is 6.22. The molecule has 1 atom stereocenters. The number of benzene rings is 1. The number of nitrogen functional groups attached to an aromatic ring is 1. The van der Waals surface area contributed by atoms with E-state index in [1.54, 1.807) is 16.8 Å². The first-order valence-electron chi connectivity index (χ1n) is 6.02. The number of hydrogen-bond donors (Lipinski definition) is 1. The second-order valence-corrected chi connectivity index (χ2v) is 5.36. The lowest BCUT2D eigenvalue weighted by atomic mass is 10.0. The fourth-order valence-corrected chi connectivity index (χ4v) is 2.53. The van der Waals surface area contributed by atoms with Gasteiger partial charge in [0.25, 0.3) is 0 Å². The van der Waals surface area contributed by atoms with E-state index < -0.39 is 0 Å². The number of hydrogen-bond acceptors (Lipinski definition) is 5. The molecular formula is C12H14ClN5O. The number of aromatic nitrogens is 4. The second-order valence-electron chi connectivity index (χ2n) is 4.95. The lowest BCUT2D eigenvalue weighted by Gasteiger charge is -2.23. The van der Waals surface area contributed by atoms with E-state index in [-0.39, 0.29) is 5.54 Å². The fraction of sp³-hybridized carbons (Fsp3) is 0.417. The summed E-state index contributed by atoms with van der Waals surface area (Å²) >= 11 is 6.22. The highest BCUT2D eigenvalue weighted by molar-refractivity contribution is 6.33. The van der Waals surface area contributed by atoms with E-state index >= 15 is 0 Å². The van der Waals surface area contributed by atoms with Gasteiger partial charge in [0, 0.05) is 17.9 Å². The molecule has 1 aromatic carbocycles. The van der Waals surface area contributed by atoms with Gasteiger partial charge in [0.05, 0.1) is 17.2 Å². The normalized spacial score (nSPS) is 22.8. The molecule has 0 aliphatic carbocycles. The minimum absolute atomic E-state index is 0.233. The van der Waals surface area contributed by atoms with E-state index in [0.717, 1.165) is 12.0 Å². The second kappa shape index (κ2) is 4.47. The van der Waals surface area contributed by atoms with Gasteiger partial charge in [-0.3, -0.25) is 0 Å². The van der Waals surface area contributed by atoms with Gasteiger partial charge < -0.3 is 10.5 Å². The number of tetrazole rings is 1. The largest absolute Gasteiger partial charge is 0.399 e. The molecule has 1 saturated heterocycles. The quantitative estimate of drug-likeness (QED) is 0.847. The SMILES string of the molecule is CC1(n2nnnc2-c2ccc(N)cc2Cl)CCOC1. The summed E-state index contributed by atoms with van der Waals surface area (Å²) in [5.41, 5.74) is 6.86. The number of anilines is 1. The summed E-state index contributed by atoms with van der Waals surface area (Å²) in [4.78, 5) is 0. The average molecular weight is 280 g/mol. The summed E-state index contributed by atoms with van der Waals surface area (Å²) in [6.45, 7) is 3.38. The van der Waals surface area contributed by atoms with Crippen molar-refractivity contribution >= 4 is 17.3 Å². The molecule has 0 bridgehead atoms. The van der Waals surface area contributed by atoms with Crippen molar-refractivity contribution in [3.05, 3.63) is 23.2 Å². The van der Waals surface area contributed by atoms with Gasteiger partial charge >= 0.3 is 0 Å². The maximum atomic E-state index is 6.22. The Kier molecular flexibility index (Phi) is 2.91. The van der Waals surface area contributed by atoms with E-state index in [1.807, 2.05) is 6.07 Å². The van der Waals surface area contributed by atoms with Crippen LogP contribution < -0.4 is 5.73 Å². The first-order chi connectivity index (χ1) is 9.10. The molecule has 1 aliphatic heterocycles. The summed E-state index contributed by atoms with van der Waals surface area (Å²) in [5, 5.41) is 12.5. The summed E-state index contributed by atoms with van der Waals surface area (Å²) in [6, 6.07) is 5.32. The Bertz CT molecular complexity index is 606. The monoisotopic (exact) mass is 279 g/mol. The van der Waals surface area contributed by atoms with Crippen LogP contribution in [0.15, 0.2) is 18.2 Å². The summed E-state index contributed by atoms with van der Waals surface area (Å²) in [6.07, 6.45) is 0.873. The molecule has 0 spiro atoms. The highest BCUT2D eigenvalue weighted by Gasteiger charge is 2.35. The molecule has 2 N–H and O–H groups in total. The Morgan fingerprint density at radius 1 is 1.47 bits per heavy atom. The van der Waals surface area contributed by atoms with Crippen LogP contribution >= 0.6 is 11.6 Å². The van der Waals surface area contributed by atoms with Crippen LogP contribution in [0.5, 0.6) is 0 Å². The van der Waals surface area contributed by atoms with Gasteiger partial charge in [-0.05, 0) is 42.0 Å². The molecule has 7 heteroatoms. The maximum Gasteiger partial charge on any atom is 0.184 e. The Balaban J connectivity index is 2.09. The predicted octanol–water partition coefficient (Wildman–Crippen LogP) is 1.71. The minimum atomic E-state index is -0.233. The van der Waals surface area contributed by atoms with Crippen molar-refractivity contribution in [2.75, 3.05) is 18.9 Å². The van der Waals surface area contributed by atoms with Gasteiger partial charge in [0.2, 0.25) is 0 Å². The van der Waals surface area contributed by atoms with E-state index in [0.29, 0.717) is 29.7 Å². The zero-order valence-corrected chi connectivity index (χ0v) is 11.3. The van der Waals surface area contributed by atoms with Crippen LogP contribution in [-0.4, -0.2) is 33.4 Å². The molecule has 3 rings (SSSR count). The van der Waals surface area contributed by atoms with Gasteiger partial charge in [0.15, 0.2) is 5.82 Å². The van der Waals surface area contributed by atoms with Gasteiger partial charge in [-0.25, -0.2) is 4.68 Å². The number of ether oxygens (including phenoxy) is 1. The minimum Gasteiger partial charge on any atom is -0.399 e. The van der Waals surface area contributed by atoms with Crippen molar-refractivity contribution in [1.29, 1.82) is 0 Å². The molecule has 1 aliphatic rings. The topological polar surface area (TPSA) is 78.9 Å². The van der Waals surface area contributed by atoms with Crippen molar-refractivity contribution in [2.45, 2.75) is 18.9 Å². The van der Waals surface area contributed by atoms with Crippen molar-refractivity contribution in [1.82, 2.24) is 20.2 Å². The summed E-state index contributed by atoms with van der Waals surface area (Å²) in [7, 11) is 0. The number of nitrogens with two attached hydrogens (primary N) is 1. The first kappa shape index (κ1) is 12.4. The molecule has 0 saturated carbocycles. The molecule has 2 aromatic rings. The Morgan fingerprint density at radius 2 is 2.32 bits per heavy atom. The molecule has 6 nitrogen and oxygen atoms in total. The molecule has 1 aromatic heterocycles. The van der Waals surface area contributed by atoms with Crippen molar-refractivity contribution in [3.63, 3.8) is 0 Å². The van der Waals surface area contributed by atoms with Crippen LogP contribution in [-0.2, 0) is 10.3 Å². The lowest BCUT2D eigenvalue weighted by molar-refractivity contribution is 0.155. The number of rotatable bonds is 2. The van der Waals surface area contributed by atoms with E-state index in [2.05, 4.69) is 22.4 Å². The third-order valence-corrected chi connectivity index (χ3v) is 3.73. The molecule has 100 valence electrons. The Hall–Kier alpha value is -1.66. The van der Waals surface area contributed by atoms with Crippen molar-refractivity contribution < 1.29 is 4.74 Å². The highest BCUT2D eigenvalue weighted by Crippen LogP contribution is 2.33. The van der Waals surface area contributed by atoms with Gasteiger partial charge in [-0.15, -0.1) is 5.10 Å². The van der Waals surface area contributed by atoms with Crippen LogP contribution in [0.1, 0.15) is 13.3 Å². The van der Waals surface area contributed by atoms with Crippen LogP contribution in [0.3, 0.4) is 0 Å². The fourth-order valence-electron chi connectivity index (χ4n) is 2.25. The van der Waals surface area contributed by atoms with Crippen molar-refractivity contribution in [3.8, 4) is 11.4 Å². The molecule has 0 radical (unpaired) electrons. The average Bonchev–Trinajstić information content (AvgIpc) is 2.98. The third-order valence-electron chi connectivity index (χ3n) is 3.41. The van der Waals surface area contributed by atoms with Crippen LogP contribution in [0.4, 0.5) is 5.69 Å². The molecular weight excluding hydrogens is 266 g/mol. The summed E-state index contributed by atoms with van der Waals surface area (Å²) in [5.74, 6) is 0.637. The zero-order valence-electron chi connectivity index (χ0n) is 10.5. The van der Waals surface area contributed by atoms with Crippen LogP contribution in [0, 0.1) is 0 Å². The van der Waals surface area contributed by atoms with Crippen LogP contribution in [0.2, 0.25) is 5.02 Å². The van der Waals surface area contributed by atoms with E-state index in [4.69, 9.17) is 22.1 Å². The smallest absolute Gasteiger partial charge is 0.184 e. The molecule has 1 fully saturated rings. The Labute approximate surface area is 115 Å². The zero-order chi connectivity index (χ0) is 13.5. The molecule has 1 unspecified atom stereocenters. The lowest BCUT2D eigenvalue weighted by Crippen LogP contribution is -2.32. The molecule has 2 heterocycles. The van der Waals surface area contributed by atoms with E-state index in [9.17, 15) is 0 Å². The summed E-state index contributed by atoms with van der Waals surface area (Å²) < 4.78 is 7.24. The first-order valence-corrected chi connectivity index (χ1v) is 6.40. The van der Waals surface area contributed by atoms with Crippen molar-refractivity contribution in [2.24, 2.45) is 0 Å². The third kappa shape index (κ3) is 2.06. The van der Waals surface area contributed by atoms with Gasteiger partial charge in [0.1, 0.15) is 0 Å². The molecule has 0 amide bonds. The number of nitrogens with zero attached hydrogens (tertiary/aromatic N) is 4. The number of halogens is 1. The van der Waals surface area contributed by atoms with E-state index in [1.165, 1.54) is 0 Å². The highest BCUT2D eigenvalue weighted by atomic mass is 35.5. The standard InChI is InChI=1S/C12H14ClN5O/c1-12(4-5-19-7-12)18-11(15-16-17-18)9-3-2-8(14)6-10(9)13/h2-3,6H,4-5,7,14H2,1H3.